The van der Waals surface area contributed by atoms with Crippen LogP contribution in [-0.2, 0) is 10.0 Å². The fourth-order valence-corrected chi connectivity index (χ4v) is 3.87. The average molecular weight is 458 g/mol. The molecule has 0 unspecified atom stereocenters. The molecule has 1 heterocycles. The maximum atomic E-state index is 12.8. The third-order valence-electron chi connectivity index (χ3n) is 4.34. The summed E-state index contributed by atoms with van der Waals surface area (Å²) in [5.41, 5.74) is 0.889. The molecule has 0 radical (unpaired) electrons. The molecule has 0 saturated carbocycles. The number of aromatic nitrogens is 1. The number of sulfonamides is 1. The van der Waals surface area contributed by atoms with E-state index in [1.807, 2.05) is 6.92 Å². The number of amides is 1. The van der Waals surface area contributed by atoms with Crippen molar-refractivity contribution in [2.45, 2.75) is 11.8 Å². The number of methoxy groups -OCH3 is 2. The molecule has 10 heteroatoms. The van der Waals surface area contributed by atoms with Gasteiger partial charge in [-0.25, -0.2) is 8.42 Å². The highest BCUT2D eigenvalue weighted by molar-refractivity contribution is 7.92. The summed E-state index contributed by atoms with van der Waals surface area (Å²) in [5, 5.41) is 2.73. The Morgan fingerprint density at radius 3 is 2.31 bits per heavy atom. The van der Waals surface area contributed by atoms with Gasteiger partial charge in [-0.15, -0.1) is 0 Å². The molecule has 2 N–H and O–H groups in total. The first kappa shape index (κ1) is 22.9. The second-order valence-electron chi connectivity index (χ2n) is 6.50. The van der Waals surface area contributed by atoms with Gasteiger partial charge in [-0.3, -0.25) is 14.5 Å². The molecule has 0 atom stereocenters. The highest BCUT2D eigenvalue weighted by Crippen LogP contribution is 2.30. The van der Waals surface area contributed by atoms with Gasteiger partial charge in [0.2, 0.25) is 0 Å². The topological polar surface area (TPSA) is 116 Å². The minimum Gasteiger partial charge on any atom is -0.494 e. The van der Waals surface area contributed by atoms with Crippen LogP contribution in [0.1, 0.15) is 17.3 Å². The molecule has 0 aliphatic heterocycles. The van der Waals surface area contributed by atoms with Crippen LogP contribution in [-0.4, -0.2) is 40.1 Å². The Balaban J connectivity index is 1.76. The molecule has 2 aromatic carbocycles. The highest BCUT2D eigenvalue weighted by Gasteiger charge is 2.18. The number of hydrogen-bond acceptors (Lipinski definition) is 7. The van der Waals surface area contributed by atoms with E-state index < -0.39 is 15.9 Å². The van der Waals surface area contributed by atoms with E-state index in [1.165, 1.54) is 50.9 Å². The number of nitrogens with zero attached hydrogens (tertiary/aromatic N) is 1. The zero-order valence-electron chi connectivity index (χ0n) is 17.8. The fraction of sp³-hybridized carbons (Fsp3) is 0.182. The minimum absolute atomic E-state index is 0.0283. The molecule has 0 saturated heterocycles. The lowest BCUT2D eigenvalue weighted by Gasteiger charge is -2.12. The van der Waals surface area contributed by atoms with Gasteiger partial charge in [0.25, 0.3) is 15.9 Å². The van der Waals surface area contributed by atoms with Crippen LogP contribution in [0.4, 0.5) is 11.4 Å². The Labute approximate surface area is 186 Å². The van der Waals surface area contributed by atoms with Crippen molar-refractivity contribution in [1.82, 2.24) is 4.98 Å². The second-order valence-corrected chi connectivity index (χ2v) is 8.18. The van der Waals surface area contributed by atoms with Gasteiger partial charge in [-0.05, 0) is 49.4 Å². The summed E-state index contributed by atoms with van der Waals surface area (Å²) in [4.78, 5) is 16.5. The lowest BCUT2D eigenvalue weighted by atomic mass is 10.2. The van der Waals surface area contributed by atoms with E-state index in [9.17, 15) is 13.2 Å². The number of rotatable bonds is 9. The standard InChI is InChI=1S/C22H23N3O6S/c1-4-31-18-7-5-16(6-8-18)24-22(26)15-11-17(14-23-13-15)25-32(27,28)19-9-10-20(29-2)21(12-19)30-3/h5-14,25H,4H2,1-3H3,(H,24,26). The van der Waals surface area contributed by atoms with Crippen molar-refractivity contribution in [2.24, 2.45) is 0 Å². The predicted octanol–water partition coefficient (Wildman–Crippen LogP) is 3.55. The Kier molecular flexibility index (Phi) is 7.16. The zero-order chi connectivity index (χ0) is 23.1. The summed E-state index contributed by atoms with van der Waals surface area (Å²) < 4.78 is 43.6. The van der Waals surface area contributed by atoms with Crippen molar-refractivity contribution >= 4 is 27.3 Å². The molecule has 3 rings (SSSR count). The van der Waals surface area contributed by atoms with Gasteiger partial charge in [0.15, 0.2) is 11.5 Å². The van der Waals surface area contributed by atoms with E-state index in [0.29, 0.717) is 23.8 Å². The van der Waals surface area contributed by atoms with Crippen LogP contribution in [0.3, 0.4) is 0 Å². The van der Waals surface area contributed by atoms with E-state index in [-0.39, 0.29) is 21.9 Å². The van der Waals surface area contributed by atoms with Crippen molar-refractivity contribution in [3.05, 3.63) is 66.5 Å². The number of ether oxygens (including phenoxy) is 3. The number of pyridine rings is 1. The van der Waals surface area contributed by atoms with E-state index in [0.717, 1.165) is 0 Å². The Morgan fingerprint density at radius 2 is 1.66 bits per heavy atom. The van der Waals surface area contributed by atoms with Gasteiger partial charge in [0.1, 0.15) is 5.75 Å². The van der Waals surface area contributed by atoms with Crippen LogP contribution in [0.15, 0.2) is 65.8 Å². The molecular weight excluding hydrogens is 434 g/mol. The monoisotopic (exact) mass is 457 g/mol. The molecule has 0 aliphatic rings. The highest BCUT2D eigenvalue weighted by atomic mass is 32.2. The van der Waals surface area contributed by atoms with Crippen molar-refractivity contribution in [2.75, 3.05) is 30.9 Å². The summed E-state index contributed by atoms with van der Waals surface area (Å²) in [6, 6.07) is 12.5. The lowest BCUT2D eigenvalue weighted by Crippen LogP contribution is -2.16. The molecule has 1 aromatic heterocycles. The summed E-state index contributed by atoms with van der Waals surface area (Å²) in [6.07, 6.45) is 2.66. The van der Waals surface area contributed by atoms with Crippen LogP contribution >= 0.6 is 0 Å². The number of carbonyl (C=O) groups excluding carboxylic acids is 1. The zero-order valence-corrected chi connectivity index (χ0v) is 18.6. The molecule has 3 aromatic rings. The summed E-state index contributed by atoms with van der Waals surface area (Å²) in [6.45, 7) is 2.43. The molecule has 32 heavy (non-hydrogen) atoms. The first-order valence-electron chi connectivity index (χ1n) is 9.60. The molecule has 0 bridgehead atoms. The second kappa shape index (κ2) is 10.0. The van der Waals surface area contributed by atoms with Gasteiger partial charge in [0, 0.05) is 18.0 Å². The van der Waals surface area contributed by atoms with Gasteiger partial charge in [0.05, 0.1) is 43.2 Å². The summed E-state index contributed by atoms with van der Waals surface area (Å²) in [7, 11) is -1.08. The molecule has 0 fully saturated rings. The van der Waals surface area contributed by atoms with Crippen LogP contribution in [0.2, 0.25) is 0 Å². The lowest BCUT2D eigenvalue weighted by molar-refractivity contribution is 0.102. The summed E-state index contributed by atoms with van der Waals surface area (Å²) in [5.74, 6) is 0.936. The van der Waals surface area contributed by atoms with Crippen molar-refractivity contribution < 1.29 is 27.4 Å². The fourth-order valence-electron chi connectivity index (χ4n) is 2.82. The van der Waals surface area contributed by atoms with E-state index in [4.69, 9.17) is 14.2 Å². The van der Waals surface area contributed by atoms with E-state index >= 15 is 0 Å². The van der Waals surface area contributed by atoms with Gasteiger partial charge in [-0.1, -0.05) is 0 Å². The van der Waals surface area contributed by atoms with Gasteiger partial charge >= 0.3 is 0 Å². The number of nitrogens with one attached hydrogen (secondary N) is 2. The van der Waals surface area contributed by atoms with Crippen molar-refractivity contribution in [3.8, 4) is 17.2 Å². The van der Waals surface area contributed by atoms with E-state index in [1.54, 1.807) is 24.3 Å². The Hall–Kier alpha value is -3.79. The molecule has 9 nitrogen and oxygen atoms in total. The van der Waals surface area contributed by atoms with Crippen LogP contribution < -0.4 is 24.2 Å². The molecular formula is C22H23N3O6S. The number of anilines is 2. The molecule has 1 amide bonds. The number of hydrogen-bond donors (Lipinski definition) is 2. The third-order valence-corrected chi connectivity index (χ3v) is 5.72. The van der Waals surface area contributed by atoms with Crippen molar-refractivity contribution in [1.29, 1.82) is 0 Å². The summed E-state index contributed by atoms with van der Waals surface area (Å²) >= 11 is 0. The Bertz CT molecular complexity index is 1200. The average Bonchev–Trinajstić information content (AvgIpc) is 2.80. The SMILES string of the molecule is CCOc1ccc(NC(=O)c2cncc(NS(=O)(=O)c3ccc(OC)c(OC)c3)c2)cc1. The molecule has 168 valence electrons. The quantitative estimate of drug-likeness (QED) is 0.505. The normalized spacial score (nSPS) is 10.8. The number of carbonyl (C=O) groups is 1. The maximum absolute atomic E-state index is 12.8. The largest absolute Gasteiger partial charge is 0.494 e. The molecule has 0 spiro atoms. The van der Waals surface area contributed by atoms with Crippen LogP contribution in [0, 0.1) is 0 Å². The van der Waals surface area contributed by atoms with Crippen LogP contribution in [0.25, 0.3) is 0 Å². The molecule has 0 aliphatic carbocycles. The first-order chi connectivity index (χ1) is 15.4. The smallest absolute Gasteiger partial charge is 0.262 e. The van der Waals surface area contributed by atoms with Crippen molar-refractivity contribution in [3.63, 3.8) is 0 Å². The van der Waals surface area contributed by atoms with Gasteiger partial charge < -0.3 is 19.5 Å². The van der Waals surface area contributed by atoms with Crippen LogP contribution in [0.5, 0.6) is 17.2 Å². The predicted molar refractivity (Wildman–Crippen MR) is 120 cm³/mol. The van der Waals surface area contributed by atoms with Gasteiger partial charge in [-0.2, -0.15) is 0 Å². The third kappa shape index (κ3) is 5.46. The maximum Gasteiger partial charge on any atom is 0.262 e. The minimum atomic E-state index is -3.95. The first-order valence-corrected chi connectivity index (χ1v) is 11.1. The number of benzene rings is 2. The Morgan fingerprint density at radius 1 is 0.938 bits per heavy atom. The van der Waals surface area contributed by atoms with E-state index in [2.05, 4.69) is 15.0 Å².